The second kappa shape index (κ2) is 5.80. The van der Waals surface area contributed by atoms with Gasteiger partial charge in [-0.1, -0.05) is 6.07 Å². The van der Waals surface area contributed by atoms with Gasteiger partial charge in [0.1, 0.15) is 0 Å². The van der Waals surface area contributed by atoms with Crippen molar-refractivity contribution in [2.75, 3.05) is 12.4 Å². The lowest BCUT2D eigenvalue weighted by atomic mass is 10.1. The molecule has 0 aliphatic carbocycles. The number of ether oxygens (including phenoxy) is 1. The molecule has 25 heavy (non-hydrogen) atoms. The maximum Gasteiger partial charge on any atom is 0.310 e. The van der Waals surface area contributed by atoms with Gasteiger partial charge in [0.2, 0.25) is 5.75 Å². The molecule has 1 amide bonds. The minimum atomic E-state index is -0.463. The SMILES string of the molecule is CC(C)N(C)C(=O)c1cccc2c1Oc1c(c(=O)n(C)n(C)c1=O)N2. The van der Waals surface area contributed by atoms with E-state index in [1.807, 2.05) is 13.8 Å². The molecule has 0 bridgehead atoms. The highest BCUT2D eigenvalue weighted by Crippen LogP contribution is 2.40. The summed E-state index contributed by atoms with van der Waals surface area (Å²) in [5.74, 6) is -0.0823. The van der Waals surface area contributed by atoms with Crippen molar-refractivity contribution in [3.63, 3.8) is 0 Å². The van der Waals surface area contributed by atoms with E-state index in [0.717, 1.165) is 0 Å². The average molecular weight is 344 g/mol. The molecule has 132 valence electrons. The molecule has 0 unspecified atom stereocenters. The van der Waals surface area contributed by atoms with Crippen LogP contribution in [0.5, 0.6) is 11.5 Å². The zero-order chi connectivity index (χ0) is 18.5. The number of carbonyl (C=O) groups is 1. The number of nitrogens with one attached hydrogen (secondary N) is 1. The molecule has 0 spiro atoms. The summed E-state index contributed by atoms with van der Waals surface area (Å²) in [6.07, 6.45) is 0. The first-order chi connectivity index (χ1) is 11.7. The highest BCUT2D eigenvalue weighted by atomic mass is 16.5. The molecule has 3 rings (SSSR count). The third kappa shape index (κ3) is 2.50. The fourth-order valence-corrected chi connectivity index (χ4v) is 2.57. The summed E-state index contributed by atoms with van der Waals surface area (Å²) >= 11 is 0. The fourth-order valence-electron chi connectivity index (χ4n) is 2.57. The molecule has 2 heterocycles. The van der Waals surface area contributed by atoms with Crippen LogP contribution in [0.2, 0.25) is 0 Å². The van der Waals surface area contributed by atoms with E-state index in [0.29, 0.717) is 11.3 Å². The van der Waals surface area contributed by atoms with Crippen molar-refractivity contribution < 1.29 is 9.53 Å². The van der Waals surface area contributed by atoms with Crippen LogP contribution >= 0.6 is 0 Å². The summed E-state index contributed by atoms with van der Waals surface area (Å²) in [4.78, 5) is 39.2. The summed E-state index contributed by atoms with van der Waals surface area (Å²) in [7, 11) is 4.68. The first kappa shape index (κ1) is 16.8. The van der Waals surface area contributed by atoms with Gasteiger partial charge in [0.15, 0.2) is 11.4 Å². The van der Waals surface area contributed by atoms with Crippen LogP contribution < -0.4 is 21.2 Å². The highest BCUT2D eigenvalue weighted by Gasteiger charge is 2.29. The van der Waals surface area contributed by atoms with Crippen molar-refractivity contribution in [1.82, 2.24) is 14.3 Å². The smallest absolute Gasteiger partial charge is 0.310 e. The van der Waals surface area contributed by atoms with Crippen LogP contribution in [0.3, 0.4) is 0 Å². The minimum Gasteiger partial charge on any atom is -0.446 e. The quantitative estimate of drug-likeness (QED) is 0.760. The lowest BCUT2D eigenvalue weighted by molar-refractivity contribution is 0.0752. The van der Waals surface area contributed by atoms with Crippen molar-refractivity contribution in [2.24, 2.45) is 14.1 Å². The monoisotopic (exact) mass is 344 g/mol. The van der Waals surface area contributed by atoms with Gasteiger partial charge in [-0.05, 0) is 26.0 Å². The number of benzene rings is 1. The predicted molar refractivity (Wildman–Crippen MR) is 94.0 cm³/mol. The van der Waals surface area contributed by atoms with Crippen LogP contribution in [0.4, 0.5) is 11.4 Å². The maximum absolute atomic E-state index is 12.7. The lowest BCUT2D eigenvalue weighted by Crippen LogP contribution is -2.38. The molecule has 0 atom stereocenters. The number of para-hydroxylation sites is 1. The summed E-state index contributed by atoms with van der Waals surface area (Å²) in [6.45, 7) is 3.81. The van der Waals surface area contributed by atoms with Gasteiger partial charge in [0, 0.05) is 27.2 Å². The van der Waals surface area contributed by atoms with Gasteiger partial charge in [-0.15, -0.1) is 0 Å². The Bertz CT molecular complexity index is 987. The van der Waals surface area contributed by atoms with E-state index in [1.54, 1.807) is 30.1 Å². The van der Waals surface area contributed by atoms with E-state index >= 15 is 0 Å². The molecule has 8 nitrogen and oxygen atoms in total. The van der Waals surface area contributed by atoms with E-state index in [4.69, 9.17) is 4.74 Å². The van der Waals surface area contributed by atoms with Crippen molar-refractivity contribution in [1.29, 1.82) is 0 Å². The third-order valence-electron chi connectivity index (χ3n) is 4.48. The molecule has 1 N–H and O–H groups in total. The molecule has 0 saturated heterocycles. The summed E-state index contributed by atoms with van der Waals surface area (Å²) in [5.41, 5.74) is 0.0175. The summed E-state index contributed by atoms with van der Waals surface area (Å²) in [5, 5.41) is 2.94. The van der Waals surface area contributed by atoms with Gasteiger partial charge in [0.05, 0.1) is 11.3 Å². The van der Waals surface area contributed by atoms with Gasteiger partial charge in [-0.2, -0.15) is 0 Å². The van der Waals surface area contributed by atoms with Crippen molar-refractivity contribution in [3.05, 3.63) is 44.5 Å². The van der Waals surface area contributed by atoms with Crippen LogP contribution in [-0.4, -0.2) is 33.3 Å². The Hall–Kier alpha value is -3.03. The fraction of sp³-hybridized carbons (Fsp3) is 0.353. The third-order valence-corrected chi connectivity index (χ3v) is 4.48. The van der Waals surface area contributed by atoms with Crippen molar-refractivity contribution >= 4 is 17.3 Å². The van der Waals surface area contributed by atoms with Crippen LogP contribution in [0.1, 0.15) is 24.2 Å². The van der Waals surface area contributed by atoms with E-state index in [9.17, 15) is 14.4 Å². The van der Waals surface area contributed by atoms with Gasteiger partial charge >= 0.3 is 5.56 Å². The largest absolute Gasteiger partial charge is 0.446 e. The molecule has 1 aliphatic rings. The highest BCUT2D eigenvalue weighted by molar-refractivity contribution is 6.00. The molecular formula is C17H20N4O4. The van der Waals surface area contributed by atoms with Crippen molar-refractivity contribution in [2.45, 2.75) is 19.9 Å². The molecule has 2 aromatic rings. The number of hydrogen-bond acceptors (Lipinski definition) is 5. The van der Waals surface area contributed by atoms with Gasteiger partial charge in [0.25, 0.3) is 11.5 Å². The summed E-state index contributed by atoms with van der Waals surface area (Å²) in [6, 6.07) is 5.04. The number of fused-ring (bicyclic) bond motifs is 2. The number of aromatic nitrogens is 2. The average Bonchev–Trinajstić information content (AvgIpc) is 2.61. The number of carbonyl (C=O) groups excluding carboxylic acids is 1. The maximum atomic E-state index is 12.7. The van der Waals surface area contributed by atoms with Crippen LogP contribution in [0.25, 0.3) is 0 Å². The van der Waals surface area contributed by atoms with E-state index in [2.05, 4.69) is 5.32 Å². The Balaban J connectivity index is 2.17. The number of nitrogens with zero attached hydrogens (tertiary/aromatic N) is 3. The topological polar surface area (TPSA) is 85.6 Å². The van der Waals surface area contributed by atoms with E-state index in [-0.39, 0.29) is 29.1 Å². The first-order valence-electron chi connectivity index (χ1n) is 7.89. The normalized spacial score (nSPS) is 12.1. The molecular weight excluding hydrogens is 324 g/mol. The Morgan fingerprint density at radius 2 is 1.76 bits per heavy atom. The predicted octanol–water partition coefficient (Wildman–Crippen LogP) is 1.41. The Kier molecular flexibility index (Phi) is 3.90. The Morgan fingerprint density at radius 3 is 2.40 bits per heavy atom. The number of rotatable bonds is 2. The zero-order valence-corrected chi connectivity index (χ0v) is 14.8. The van der Waals surface area contributed by atoms with E-state index in [1.165, 1.54) is 23.5 Å². The second-order valence-electron chi connectivity index (χ2n) is 6.28. The molecule has 0 saturated carbocycles. The molecule has 0 fully saturated rings. The first-order valence-corrected chi connectivity index (χ1v) is 7.89. The Morgan fingerprint density at radius 1 is 1.12 bits per heavy atom. The van der Waals surface area contributed by atoms with Crippen LogP contribution in [-0.2, 0) is 14.1 Å². The van der Waals surface area contributed by atoms with Crippen LogP contribution in [0.15, 0.2) is 27.8 Å². The molecule has 0 radical (unpaired) electrons. The number of hydrogen-bond donors (Lipinski definition) is 1. The lowest BCUT2D eigenvalue weighted by Gasteiger charge is -2.26. The molecule has 1 aliphatic heterocycles. The Labute approximate surface area is 144 Å². The molecule has 8 heteroatoms. The molecule has 1 aromatic carbocycles. The second-order valence-corrected chi connectivity index (χ2v) is 6.28. The van der Waals surface area contributed by atoms with Gasteiger partial charge in [-0.25, -0.2) is 9.36 Å². The number of anilines is 2. The zero-order valence-electron chi connectivity index (χ0n) is 14.8. The summed E-state index contributed by atoms with van der Waals surface area (Å²) < 4.78 is 8.11. The van der Waals surface area contributed by atoms with Gasteiger partial charge in [-0.3, -0.25) is 14.4 Å². The van der Waals surface area contributed by atoms with E-state index < -0.39 is 11.1 Å². The molecule has 1 aromatic heterocycles. The van der Waals surface area contributed by atoms with Crippen molar-refractivity contribution in [3.8, 4) is 11.5 Å². The minimum absolute atomic E-state index is 0.00681. The standard InChI is InChI=1S/C17H20N4O4/c1-9(2)19(3)15(22)10-7-6-8-11-13(10)25-14-12(18-11)16(23)20(4)21(5)17(14)24/h6-9,18H,1-5H3. The van der Waals surface area contributed by atoms with Gasteiger partial charge < -0.3 is 15.0 Å². The van der Waals surface area contributed by atoms with Crippen LogP contribution in [0, 0.1) is 0 Å². The number of amides is 1.